The number of nitrogens with one attached hydrogen (secondary N) is 2. The molecule has 0 amide bonds. The van der Waals surface area contributed by atoms with Crippen molar-refractivity contribution < 1.29 is 17.2 Å². The first-order valence-electron chi connectivity index (χ1n) is 5.35. The highest BCUT2D eigenvalue weighted by Gasteiger charge is 2.30. The quantitative estimate of drug-likeness (QED) is 0.743. The van der Waals surface area contributed by atoms with Gasteiger partial charge < -0.3 is 10.7 Å². The van der Waals surface area contributed by atoms with Gasteiger partial charge in [0.2, 0.25) is 10.0 Å². The topological polar surface area (TPSA) is 101 Å². The van der Waals surface area contributed by atoms with Gasteiger partial charge in [0.1, 0.15) is 10.5 Å². The average Bonchev–Trinajstić information content (AvgIpc) is 2.81. The van der Waals surface area contributed by atoms with Gasteiger partial charge in [-0.05, 0) is 12.1 Å². The van der Waals surface area contributed by atoms with Crippen LogP contribution in [0.5, 0.6) is 0 Å². The number of nitrogens with zero attached hydrogens (tertiary/aromatic N) is 1. The Bertz CT molecular complexity index is 684. The third-order valence-electron chi connectivity index (χ3n) is 2.52. The van der Waals surface area contributed by atoms with E-state index in [9.17, 15) is 17.2 Å². The summed E-state index contributed by atoms with van der Waals surface area (Å²) < 4.78 is 51.6. The molecule has 0 bridgehead atoms. The molecular formula is C10H12F2N4O2S. The molecule has 4 N–H and O–H groups in total. The largest absolute Gasteiger partial charge is 0.345 e. The Morgan fingerprint density at radius 3 is 2.89 bits per heavy atom. The minimum Gasteiger partial charge on any atom is -0.345 e. The van der Waals surface area contributed by atoms with Crippen LogP contribution in [-0.4, -0.2) is 37.4 Å². The molecular weight excluding hydrogens is 278 g/mol. The number of sulfonamides is 1. The van der Waals surface area contributed by atoms with E-state index in [0.717, 1.165) is 0 Å². The molecule has 0 atom stereocenters. The van der Waals surface area contributed by atoms with Gasteiger partial charge in [-0.2, -0.15) is 0 Å². The summed E-state index contributed by atoms with van der Waals surface area (Å²) in [5.41, 5.74) is 5.21. The number of fused-ring (bicyclic) bond motifs is 1. The second-order valence-electron chi connectivity index (χ2n) is 3.94. The molecule has 0 aliphatic heterocycles. The van der Waals surface area contributed by atoms with E-state index >= 15 is 0 Å². The molecule has 0 aromatic carbocycles. The molecule has 2 aromatic heterocycles. The molecule has 6 nitrogen and oxygen atoms in total. The summed E-state index contributed by atoms with van der Waals surface area (Å²) in [7, 11) is -4.04. The Morgan fingerprint density at radius 1 is 1.47 bits per heavy atom. The van der Waals surface area contributed by atoms with Gasteiger partial charge in [-0.3, -0.25) is 0 Å². The lowest BCUT2D eigenvalue weighted by atomic mass is 10.3. The number of nitrogens with two attached hydrogens (primary N) is 1. The normalized spacial score (nSPS) is 13.0. The van der Waals surface area contributed by atoms with Gasteiger partial charge in [0, 0.05) is 17.8 Å². The van der Waals surface area contributed by atoms with Gasteiger partial charge >= 0.3 is 0 Å². The number of hydrogen-bond donors (Lipinski definition) is 3. The molecule has 0 saturated heterocycles. The highest BCUT2D eigenvalue weighted by Crippen LogP contribution is 2.21. The standard InChI is InChI=1S/C10H12F2N4O2S/c11-10(12,5-13)6-16-19(17,18)8-4-15-9-7(8)2-1-3-14-9/h1-4,16H,5-6,13H2,(H,14,15). The Hall–Kier alpha value is -1.58. The predicted octanol–water partition coefficient (Wildman–Crippen LogP) is 0.435. The van der Waals surface area contributed by atoms with Gasteiger partial charge in [0.05, 0.1) is 13.1 Å². The van der Waals surface area contributed by atoms with E-state index in [0.29, 0.717) is 11.0 Å². The van der Waals surface area contributed by atoms with Crippen LogP contribution in [-0.2, 0) is 10.0 Å². The van der Waals surface area contributed by atoms with Crippen LogP contribution < -0.4 is 10.5 Å². The van der Waals surface area contributed by atoms with Crippen LogP contribution in [0.25, 0.3) is 11.0 Å². The first-order valence-corrected chi connectivity index (χ1v) is 6.84. The Labute approximate surface area is 108 Å². The van der Waals surface area contributed by atoms with Gasteiger partial charge in [-0.15, -0.1) is 0 Å². The number of hydrogen-bond acceptors (Lipinski definition) is 4. The molecule has 0 fully saturated rings. The van der Waals surface area contributed by atoms with Crippen molar-refractivity contribution in [1.29, 1.82) is 0 Å². The minimum absolute atomic E-state index is 0.122. The zero-order valence-corrected chi connectivity index (χ0v) is 10.5. The molecule has 104 valence electrons. The van der Waals surface area contributed by atoms with Gasteiger partial charge in [0.25, 0.3) is 5.92 Å². The van der Waals surface area contributed by atoms with Crippen molar-refractivity contribution >= 4 is 21.1 Å². The summed E-state index contributed by atoms with van der Waals surface area (Å²) in [5.74, 6) is -3.28. The zero-order chi connectivity index (χ0) is 14.1. The molecule has 0 saturated carbocycles. The third kappa shape index (κ3) is 2.88. The Kier molecular flexibility index (Phi) is 3.52. The first kappa shape index (κ1) is 13.8. The Balaban J connectivity index is 2.30. The van der Waals surface area contributed by atoms with Crippen molar-refractivity contribution in [3.63, 3.8) is 0 Å². The molecule has 0 aliphatic rings. The molecule has 19 heavy (non-hydrogen) atoms. The number of halogens is 2. The summed E-state index contributed by atoms with van der Waals surface area (Å²) in [5, 5.41) is 0.339. The van der Waals surface area contributed by atoms with Crippen LogP contribution in [0.1, 0.15) is 0 Å². The second-order valence-corrected chi connectivity index (χ2v) is 5.67. The lowest BCUT2D eigenvalue weighted by molar-refractivity contribution is 0.0170. The van der Waals surface area contributed by atoms with Crippen molar-refractivity contribution in [2.75, 3.05) is 13.1 Å². The molecule has 0 spiro atoms. The van der Waals surface area contributed by atoms with E-state index < -0.39 is 29.0 Å². The molecule has 0 radical (unpaired) electrons. The summed E-state index contributed by atoms with van der Waals surface area (Å²) in [6.07, 6.45) is 2.70. The third-order valence-corrected chi connectivity index (χ3v) is 3.96. The molecule has 2 rings (SSSR count). The molecule has 2 heterocycles. The number of rotatable bonds is 5. The van der Waals surface area contributed by atoms with E-state index in [1.165, 1.54) is 18.5 Å². The van der Waals surface area contributed by atoms with Gasteiger partial charge in [-0.1, -0.05) is 0 Å². The maximum Gasteiger partial charge on any atom is 0.273 e. The number of aromatic amines is 1. The monoisotopic (exact) mass is 290 g/mol. The maximum absolute atomic E-state index is 13.0. The lowest BCUT2D eigenvalue weighted by Crippen LogP contribution is -2.41. The minimum atomic E-state index is -4.04. The van der Waals surface area contributed by atoms with Crippen molar-refractivity contribution in [3.05, 3.63) is 24.5 Å². The van der Waals surface area contributed by atoms with Crippen LogP contribution in [0.4, 0.5) is 8.78 Å². The van der Waals surface area contributed by atoms with Crippen molar-refractivity contribution in [3.8, 4) is 0 Å². The highest BCUT2D eigenvalue weighted by molar-refractivity contribution is 7.89. The van der Waals surface area contributed by atoms with E-state index in [2.05, 4.69) is 9.97 Å². The molecule has 9 heteroatoms. The lowest BCUT2D eigenvalue weighted by Gasteiger charge is -2.14. The summed E-state index contributed by atoms with van der Waals surface area (Å²) in [4.78, 5) is 6.47. The summed E-state index contributed by atoms with van der Waals surface area (Å²) in [6, 6.07) is 3.10. The SMILES string of the molecule is NCC(F)(F)CNS(=O)(=O)c1c[nH]c2ncccc12. The fraction of sp³-hybridized carbons (Fsp3) is 0.300. The van der Waals surface area contributed by atoms with Crippen LogP contribution >= 0.6 is 0 Å². The molecule has 2 aromatic rings. The van der Waals surface area contributed by atoms with Gasteiger partial charge in [-0.25, -0.2) is 26.9 Å². The summed E-state index contributed by atoms with van der Waals surface area (Å²) in [6.45, 7) is -1.97. The zero-order valence-electron chi connectivity index (χ0n) is 9.73. The van der Waals surface area contributed by atoms with Crippen molar-refractivity contribution in [1.82, 2.24) is 14.7 Å². The van der Waals surface area contributed by atoms with E-state index in [-0.39, 0.29) is 4.90 Å². The fourth-order valence-electron chi connectivity index (χ4n) is 1.50. The smallest absolute Gasteiger partial charge is 0.273 e. The average molecular weight is 290 g/mol. The number of aromatic nitrogens is 2. The first-order chi connectivity index (χ1) is 8.86. The van der Waals surface area contributed by atoms with Gasteiger partial charge in [0.15, 0.2) is 0 Å². The van der Waals surface area contributed by atoms with E-state index in [1.807, 2.05) is 4.72 Å². The fourth-order valence-corrected chi connectivity index (χ4v) is 2.73. The van der Waals surface area contributed by atoms with Crippen LogP contribution in [0, 0.1) is 0 Å². The van der Waals surface area contributed by atoms with E-state index in [1.54, 1.807) is 6.07 Å². The van der Waals surface area contributed by atoms with E-state index in [4.69, 9.17) is 5.73 Å². The van der Waals surface area contributed by atoms with Crippen molar-refractivity contribution in [2.24, 2.45) is 5.73 Å². The van der Waals surface area contributed by atoms with Crippen LogP contribution in [0.3, 0.4) is 0 Å². The Morgan fingerprint density at radius 2 is 2.21 bits per heavy atom. The number of alkyl halides is 2. The highest BCUT2D eigenvalue weighted by atomic mass is 32.2. The van der Waals surface area contributed by atoms with Crippen LogP contribution in [0.2, 0.25) is 0 Å². The van der Waals surface area contributed by atoms with Crippen LogP contribution in [0.15, 0.2) is 29.4 Å². The number of H-pyrrole nitrogens is 1. The predicted molar refractivity (Wildman–Crippen MR) is 65.3 cm³/mol. The summed E-state index contributed by atoms with van der Waals surface area (Å²) >= 11 is 0. The number of pyridine rings is 1. The maximum atomic E-state index is 13.0. The molecule has 0 unspecified atom stereocenters. The second kappa shape index (κ2) is 4.83. The van der Waals surface area contributed by atoms with Crippen molar-refractivity contribution in [2.45, 2.75) is 10.8 Å². The molecule has 0 aliphatic carbocycles.